The van der Waals surface area contributed by atoms with E-state index in [1.165, 1.54) is 0 Å². The Hall–Kier alpha value is -2.56. The van der Waals surface area contributed by atoms with Gasteiger partial charge in [-0.3, -0.25) is 10.1 Å². The second-order valence-electron chi connectivity index (χ2n) is 4.08. The number of aromatic amines is 1. The van der Waals surface area contributed by atoms with Crippen LogP contribution < -0.4 is 11.1 Å². The van der Waals surface area contributed by atoms with E-state index in [4.69, 9.17) is 5.73 Å². The van der Waals surface area contributed by atoms with Crippen LogP contribution in [0.3, 0.4) is 0 Å². The van der Waals surface area contributed by atoms with Gasteiger partial charge in [-0.25, -0.2) is 0 Å². The van der Waals surface area contributed by atoms with Crippen LogP contribution in [0.4, 0.5) is 11.4 Å². The number of fused-ring (bicyclic) bond motifs is 1. The van der Waals surface area contributed by atoms with E-state index in [0.717, 1.165) is 27.7 Å². The SMILES string of the molecule is Nc1c(NCc2cn[nH]c2)ccc2cnccc12. The first-order valence-electron chi connectivity index (χ1n) is 5.68. The maximum Gasteiger partial charge on any atom is 0.0630 e. The summed E-state index contributed by atoms with van der Waals surface area (Å²) in [6.45, 7) is 0.692. The van der Waals surface area contributed by atoms with E-state index in [1.807, 2.05) is 30.6 Å². The van der Waals surface area contributed by atoms with Crippen molar-refractivity contribution >= 4 is 22.1 Å². The van der Waals surface area contributed by atoms with Gasteiger partial charge in [0.1, 0.15) is 0 Å². The van der Waals surface area contributed by atoms with Crippen molar-refractivity contribution in [2.24, 2.45) is 0 Å². The summed E-state index contributed by atoms with van der Waals surface area (Å²) in [6.07, 6.45) is 7.20. The largest absolute Gasteiger partial charge is 0.397 e. The lowest BCUT2D eigenvalue weighted by atomic mass is 10.1. The molecule has 2 heterocycles. The number of H-pyrrole nitrogens is 1. The molecule has 90 valence electrons. The first-order chi connectivity index (χ1) is 8.84. The molecule has 18 heavy (non-hydrogen) atoms. The van der Waals surface area contributed by atoms with Gasteiger partial charge in [-0.1, -0.05) is 6.07 Å². The molecule has 3 aromatic rings. The molecule has 0 aliphatic carbocycles. The Balaban J connectivity index is 1.90. The quantitative estimate of drug-likeness (QED) is 0.612. The Morgan fingerprint density at radius 3 is 3.00 bits per heavy atom. The first-order valence-corrected chi connectivity index (χ1v) is 5.68. The zero-order chi connectivity index (χ0) is 12.4. The highest BCUT2D eigenvalue weighted by molar-refractivity contribution is 5.98. The van der Waals surface area contributed by atoms with Crippen molar-refractivity contribution in [2.75, 3.05) is 11.1 Å². The van der Waals surface area contributed by atoms with Gasteiger partial charge in [0.25, 0.3) is 0 Å². The molecule has 5 nitrogen and oxygen atoms in total. The maximum absolute atomic E-state index is 6.14. The van der Waals surface area contributed by atoms with Crippen molar-refractivity contribution in [1.29, 1.82) is 0 Å². The van der Waals surface area contributed by atoms with Crippen molar-refractivity contribution in [3.8, 4) is 0 Å². The number of pyridine rings is 1. The van der Waals surface area contributed by atoms with Crippen LogP contribution in [0.1, 0.15) is 5.56 Å². The summed E-state index contributed by atoms with van der Waals surface area (Å²) < 4.78 is 0. The second-order valence-corrected chi connectivity index (χ2v) is 4.08. The lowest BCUT2D eigenvalue weighted by Gasteiger charge is -2.10. The number of nitrogen functional groups attached to an aromatic ring is 1. The van der Waals surface area contributed by atoms with Gasteiger partial charge < -0.3 is 11.1 Å². The van der Waals surface area contributed by atoms with Crippen LogP contribution in [0.5, 0.6) is 0 Å². The first kappa shape index (κ1) is 10.6. The van der Waals surface area contributed by atoms with Crippen molar-refractivity contribution in [3.05, 3.63) is 48.5 Å². The van der Waals surface area contributed by atoms with E-state index in [9.17, 15) is 0 Å². The molecule has 0 radical (unpaired) electrons. The summed E-state index contributed by atoms with van der Waals surface area (Å²) in [5, 5.41) is 12.0. The molecule has 3 rings (SSSR count). The summed E-state index contributed by atoms with van der Waals surface area (Å²) in [7, 11) is 0. The normalized spacial score (nSPS) is 10.7. The highest BCUT2D eigenvalue weighted by Gasteiger charge is 2.04. The molecule has 0 atom stereocenters. The number of nitrogens with two attached hydrogens (primary N) is 1. The number of hydrogen-bond donors (Lipinski definition) is 3. The van der Waals surface area contributed by atoms with Gasteiger partial charge in [0, 0.05) is 41.5 Å². The van der Waals surface area contributed by atoms with Gasteiger partial charge >= 0.3 is 0 Å². The van der Waals surface area contributed by atoms with E-state index in [0.29, 0.717) is 6.54 Å². The average Bonchev–Trinajstić information content (AvgIpc) is 2.91. The predicted octanol–water partition coefficient (Wildman–Crippen LogP) is 2.15. The zero-order valence-electron chi connectivity index (χ0n) is 9.72. The van der Waals surface area contributed by atoms with Crippen LogP contribution in [-0.4, -0.2) is 15.2 Å². The van der Waals surface area contributed by atoms with Crippen LogP contribution in [0.15, 0.2) is 43.0 Å². The molecule has 0 saturated heterocycles. The second kappa shape index (κ2) is 4.37. The molecule has 5 heteroatoms. The fraction of sp³-hybridized carbons (Fsp3) is 0.0769. The van der Waals surface area contributed by atoms with E-state index < -0.39 is 0 Å². The molecular weight excluding hydrogens is 226 g/mol. The summed E-state index contributed by atoms with van der Waals surface area (Å²) >= 11 is 0. The molecule has 0 spiro atoms. The zero-order valence-corrected chi connectivity index (χ0v) is 9.72. The van der Waals surface area contributed by atoms with Crippen molar-refractivity contribution in [3.63, 3.8) is 0 Å². The van der Waals surface area contributed by atoms with Gasteiger partial charge in [-0.15, -0.1) is 0 Å². The third-order valence-corrected chi connectivity index (χ3v) is 2.90. The van der Waals surface area contributed by atoms with Gasteiger partial charge in [-0.05, 0) is 12.1 Å². The van der Waals surface area contributed by atoms with Crippen molar-refractivity contribution in [1.82, 2.24) is 15.2 Å². The molecular formula is C13H13N5. The highest BCUT2D eigenvalue weighted by Crippen LogP contribution is 2.28. The van der Waals surface area contributed by atoms with Gasteiger partial charge in [0.2, 0.25) is 0 Å². The van der Waals surface area contributed by atoms with Crippen LogP contribution in [-0.2, 0) is 6.54 Å². The molecule has 2 aromatic heterocycles. The molecule has 0 amide bonds. The van der Waals surface area contributed by atoms with Crippen LogP contribution in [0, 0.1) is 0 Å². The minimum Gasteiger partial charge on any atom is -0.397 e. The molecule has 0 aliphatic heterocycles. The number of rotatable bonds is 3. The standard InChI is InChI=1S/C13H13N5/c14-13-11-3-4-15-8-10(11)1-2-12(13)16-5-9-6-17-18-7-9/h1-4,6-8,16H,5,14H2,(H,17,18). The smallest absolute Gasteiger partial charge is 0.0630 e. The molecule has 0 aliphatic rings. The van der Waals surface area contributed by atoms with E-state index in [-0.39, 0.29) is 0 Å². The Labute approximate surface area is 104 Å². The highest BCUT2D eigenvalue weighted by atomic mass is 15.1. The Morgan fingerprint density at radius 2 is 2.17 bits per heavy atom. The van der Waals surface area contributed by atoms with Gasteiger partial charge in [0.05, 0.1) is 17.6 Å². The Bertz CT molecular complexity index is 660. The molecule has 0 unspecified atom stereocenters. The minimum absolute atomic E-state index is 0.692. The number of nitrogens with one attached hydrogen (secondary N) is 2. The lowest BCUT2D eigenvalue weighted by molar-refractivity contribution is 1.09. The number of benzene rings is 1. The molecule has 4 N–H and O–H groups in total. The fourth-order valence-corrected chi connectivity index (χ4v) is 1.92. The topological polar surface area (TPSA) is 79.6 Å². The average molecular weight is 239 g/mol. The molecule has 0 saturated carbocycles. The third-order valence-electron chi connectivity index (χ3n) is 2.90. The number of aromatic nitrogens is 3. The summed E-state index contributed by atoms with van der Waals surface area (Å²) in [4.78, 5) is 4.08. The monoisotopic (exact) mass is 239 g/mol. The molecule has 0 fully saturated rings. The summed E-state index contributed by atoms with van der Waals surface area (Å²) in [5.74, 6) is 0. The van der Waals surface area contributed by atoms with Crippen molar-refractivity contribution in [2.45, 2.75) is 6.54 Å². The lowest BCUT2D eigenvalue weighted by Crippen LogP contribution is -2.02. The molecule has 0 bridgehead atoms. The predicted molar refractivity (Wildman–Crippen MR) is 72.1 cm³/mol. The summed E-state index contributed by atoms with van der Waals surface area (Å²) in [5.41, 5.74) is 8.91. The number of anilines is 2. The number of hydrogen-bond acceptors (Lipinski definition) is 4. The van der Waals surface area contributed by atoms with E-state index in [1.54, 1.807) is 12.4 Å². The Morgan fingerprint density at radius 1 is 1.22 bits per heavy atom. The van der Waals surface area contributed by atoms with E-state index in [2.05, 4.69) is 20.5 Å². The van der Waals surface area contributed by atoms with E-state index >= 15 is 0 Å². The summed E-state index contributed by atoms with van der Waals surface area (Å²) in [6, 6.07) is 5.91. The third kappa shape index (κ3) is 1.86. The van der Waals surface area contributed by atoms with Gasteiger partial charge in [-0.2, -0.15) is 5.10 Å². The maximum atomic E-state index is 6.14. The fourth-order valence-electron chi connectivity index (χ4n) is 1.92. The molecule has 1 aromatic carbocycles. The van der Waals surface area contributed by atoms with Crippen LogP contribution in [0.2, 0.25) is 0 Å². The van der Waals surface area contributed by atoms with Crippen molar-refractivity contribution < 1.29 is 0 Å². The van der Waals surface area contributed by atoms with Gasteiger partial charge in [0.15, 0.2) is 0 Å². The van der Waals surface area contributed by atoms with Crippen LogP contribution >= 0.6 is 0 Å². The van der Waals surface area contributed by atoms with Crippen LogP contribution in [0.25, 0.3) is 10.8 Å². The minimum atomic E-state index is 0.692. The number of nitrogens with zero attached hydrogens (tertiary/aromatic N) is 2. The Kier molecular flexibility index (Phi) is 2.57.